The summed E-state index contributed by atoms with van der Waals surface area (Å²) in [6.45, 7) is 0. The van der Waals surface area contributed by atoms with Crippen molar-refractivity contribution in [3.05, 3.63) is 63.4 Å². The third-order valence-corrected chi connectivity index (χ3v) is 3.91. The monoisotopic (exact) mass is 312 g/mol. The molecule has 0 saturated heterocycles. The van der Waals surface area contributed by atoms with E-state index in [-0.39, 0.29) is 0 Å². The Morgan fingerprint density at radius 2 is 1.90 bits per heavy atom. The van der Waals surface area contributed by atoms with E-state index in [2.05, 4.69) is 0 Å². The molecule has 20 heavy (non-hydrogen) atoms. The van der Waals surface area contributed by atoms with E-state index in [9.17, 15) is 9.50 Å². The van der Waals surface area contributed by atoms with Gasteiger partial charge in [0.25, 0.3) is 0 Å². The topological polar surface area (TPSA) is 29.5 Å². The van der Waals surface area contributed by atoms with E-state index in [1.165, 1.54) is 12.1 Å². The number of rotatable bonds is 1. The molecule has 1 aliphatic heterocycles. The number of halogens is 3. The van der Waals surface area contributed by atoms with Gasteiger partial charge in [0.15, 0.2) is 0 Å². The quantitative estimate of drug-likeness (QED) is 0.827. The van der Waals surface area contributed by atoms with Crippen LogP contribution in [0.3, 0.4) is 0 Å². The van der Waals surface area contributed by atoms with Crippen LogP contribution in [-0.4, -0.2) is 5.11 Å². The van der Waals surface area contributed by atoms with Crippen LogP contribution in [0.1, 0.15) is 29.8 Å². The lowest BCUT2D eigenvalue weighted by Crippen LogP contribution is -2.19. The minimum Gasteiger partial charge on any atom is -0.485 e. The number of fused-ring (bicyclic) bond motifs is 1. The van der Waals surface area contributed by atoms with Crippen molar-refractivity contribution in [3.63, 3.8) is 0 Å². The van der Waals surface area contributed by atoms with Gasteiger partial charge in [-0.1, -0.05) is 29.3 Å². The van der Waals surface area contributed by atoms with Crippen LogP contribution in [-0.2, 0) is 0 Å². The molecule has 3 rings (SSSR count). The molecular weight excluding hydrogens is 302 g/mol. The average Bonchev–Trinajstić information content (AvgIpc) is 2.39. The molecule has 0 fully saturated rings. The van der Waals surface area contributed by atoms with Gasteiger partial charge >= 0.3 is 0 Å². The summed E-state index contributed by atoms with van der Waals surface area (Å²) in [4.78, 5) is 0. The van der Waals surface area contributed by atoms with Crippen LogP contribution in [0.5, 0.6) is 5.75 Å². The van der Waals surface area contributed by atoms with Crippen molar-refractivity contribution in [1.29, 1.82) is 0 Å². The van der Waals surface area contributed by atoms with Gasteiger partial charge in [0.2, 0.25) is 0 Å². The molecule has 2 atom stereocenters. The van der Waals surface area contributed by atoms with Crippen molar-refractivity contribution < 1.29 is 14.2 Å². The summed E-state index contributed by atoms with van der Waals surface area (Å²) >= 11 is 11.9. The minimum atomic E-state index is -0.691. The molecule has 0 bridgehead atoms. The van der Waals surface area contributed by atoms with Crippen LogP contribution in [0.25, 0.3) is 0 Å². The normalized spacial score (nSPS) is 21.2. The first-order chi connectivity index (χ1) is 9.54. The second kappa shape index (κ2) is 5.24. The number of aliphatic hydroxyl groups is 1. The zero-order chi connectivity index (χ0) is 14.3. The molecule has 1 aliphatic rings. The molecule has 0 radical (unpaired) electrons. The van der Waals surface area contributed by atoms with Gasteiger partial charge in [-0.15, -0.1) is 0 Å². The predicted octanol–water partition coefficient (Wildman–Crippen LogP) is 4.69. The maximum absolute atomic E-state index is 13.1. The van der Waals surface area contributed by atoms with Crippen molar-refractivity contribution in [2.75, 3.05) is 0 Å². The van der Waals surface area contributed by atoms with Gasteiger partial charge in [-0.2, -0.15) is 0 Å². The molecular formula is C15H11Cl2FO2. The van der Waals surface area contributed by atoms with Crippen LogP contribution in [0.4, 0.5) is 4.39 Å². The first-order valence-corrected chi connectivity index (χ1v) is 6.89. The molecule has 0 amide bonds. The van der Waals surface area contributed by atoms with Crippen LogP contribution >= 0.6 is 23.2 Å². The zero-order valence-electron chi connectivity index (χ0n) is 10.3. The first-order valence-electron chi connectivity index (χ1n) is 6.13. The van der Waals surface area contributed by atoms with Gasteiger partial charge in [-0.05, 0) is 30.3 Å². The third kappa shape index (κ3) is 2.49. The van der Waals surface area contributed by atoms with E-state index in [0.29, 0.717) is 33.3 Å². The number of benzene rings is 2. The molecule has 5 heteroatoms. The maximum Gasteiger partial charge on any atom is 0.128 e. The number of hydrogen-bond acceptors (Lipinski definition) is 2. The van der Waals surface area contributed by atoms with E-state index in [1.54, 1.807) is 24.3 Å². The van der Waals surface area contributed by atoms with Crippen molar-refractivity contribution in [2.45, 2.75) is 18.6 Å². The Morgan fingerprint density at radius 1 is 1.10 bits per heavy atom. The number of ether oxygens (including phenoxy) is 1. The summed E-state index contributed by atoms with van der Waals surface area (Å²) in [5, 5.41) is 11.0. The van der Waals surface area contributed by atoms with Crippen LogP contribution in [0.2, 0.25) is 10.0 Å². The summed E-state index contributed by atoms with van der Waals surface area (Å²) in [7, 11) is 0. The fourth-order valence-corrected chi connectivity index (χ4v) is 2.84. The Bertz CT molecular complexity index is 660. The molecule has 2 nitrogen and oxygen atoms in total. The Kier molecular flexibility index (Phi) is 3.59. The molecule has 104 valence electrons. The Hall–Kier alpha value is -1.29. The van der Waals surface area contributed by atoms with Crippen LogP contribution < -0.4 is 4.74 Å². The van der Waals surface area contributed by atoms with E-state index < -0.39 is 18.0 Å². The maximum atomic E-state index is 13.1. The summed E-state index contributed by atoms with van der Waals surface area (Å²) in [6.07, 6.45) is -0.756. The molecule has 0 spiro atoms. The Labute approximate surface area is 125 Å². The van der Waals surface area contributed by atoms with E-state index in [1.807, 2.05) is 0 Å². The van der Waals surface area contributed by atoms with Gasteiger partial charge in [0.1, 0.15) is 17.7 Å². The van der Waals surface area contributed by atoms with E-state index in [0.717, 1.165) is 0 Å². The predicted molar refractivity (Wildman–Crippen MR) is 75.8 cm³/mol. The Morgan fingerprint density at radius 3 is 2.65 bits per heavy atom. The number of aliphatic hydroxyl groups excluding tert-OH is 1. The molecule has 0 aliphatic carbocycles. The first kappa shape index (κ1) is 13.7. The lowest BCUT2D eigenvalue weighted by Gasteiger charge is -2.30. The fraction of sp³-hybridized carbons (Fsp3) is 0.200. The Balaban J connectivity index is 1.97. The largest absolute Gasteiger partial charge is 0.485 e. The lowest BCUT2D eigenvalue weighted by atomic mass is 9.95. The molecule has 1 unspecified atom stereocenters. The molecule has 1 N–H and O–H groups in total. The summed E-state index contributed by atoms with van der Waals surface area (Å²) in [5.41, 5.74) is 1.32. The van der Waals surface area contributed by atoms with Crippen molar-refractivity contribution in [3.8, 4) is 5.75 Å². The average molecular weight is 313 g/mol. The van der Waals surface area contributed by atoms with Gasteiger partial charge < -0.3 is 9.84 Å². The zero-order valence-corrected chi connectivity index (χ0v) is 11.8. The van der Waals surface area contributed by atoms with Crippen molar-refractivity contribution >= 4 is 23.2 Å². The summed E-state index contributed by atoms with van der Waals surface area (Å²) < 4.78 is 18.9. The second-order valence-corrected chi connectivity index (χ2v) is 5.55. The standard InChI is InChI=1S/C15H11Cl2FO2/c16-8-1-4-14-11(5-8)13(19)7-15(20-14)10-3-2-9(18)6-12(10)17/h1-6,13,15,19H,7H2/t13-,15?/m1/s1. The minimum absolute atomic E-state index is 0.291. The summed E-state index contributed by atoms with van der Waals surface area (Å²) in [6, 6.07) is 9.24. The molecule has 1 heterocycles. The number of hydrogen-bond donors (Lipinski definition) is 1. The smallest absolute Gasteiger partial charge is 0.128 e. The summed E-state index contributed by atoms with van der Waals surface area (Å²) in [5.74, 6) is 0.167. The molecule has 2 aromatic carbocycles. The highest BCUT2D eigenvalue weighted by atomic mass is 35.5. The van der Waals surface area contributed by atoms with Crippen LogP contribution in [0.15, 0.2) is 36.4 Å². The fourth-order valence-electron chi connectivity index (χ4n) is 2.37. The molecule has 0 aromatic heterocycles. The van der Waals surface area contributed by atoms with Crippen LogP contribution in [0, 0.1) is 5.82 Å². The highest BCUT2D eigenvalue weighted by Gasteiger charge is 2.29. The molecule has 0 saturated carbocycles. The van der Waals surface area contributed by atoms with Gasteiger partial charge in [0, 0.05) is 22.6 Å². The third-order valence-electron chi connectivity index (χ3n) is 3.35. The highest BCUT2D eigenvalue weighted by Crippen LogP contribution is 2.43. The highest BCUT2D eigenvalue weighted by molar-refractivity contribution is 6.31. The van der Waals surface area contributed by atoms with E-state index in [4.69, 9.17) is 27.9 Å². The van der Waals surface area contributed by atoms with Crippen molar-refractivity contribution in [1.82, 2.24) is 0 Å². The van der Waals surface area contributed by atoms with E-state index >= 15 is 0 Å². The molecule has 2 aromatic rings. The SMILES string of the molecule is O[C@@H]1CC(c2ccc(F)cc2Cl)Oc2ccc(Cl)cc21. The van der Waals surface area contributed by atoms with Crippen molar-refractivity contribution in [2.24, 2.45) is 0 Å². The lowest BCUT2D eigenvalue weighted by molar-refractivity contribution is 0.0658. The van der Waals surface area contributed by atoms with Gasteiger partial charge in [0.05, 0.1) is 11.1 Å². The van der Waals surface area contributed by atoms with Gasteiger partial charge in [-0.3, -0.25) is 0 Å². The second-order valence-electron chi connectivity index (χ2n) is 4.71. The van der Waals surface area contributed by atoms with Gasteiger partial charge in [-0.25, -0.2) is 4.39 Å².